The van der Waals surface area contributed by atoms with Crippen LogP contribution in [0, 0.1) is 12.3 Å². The second kappa shape index (κ2) is 6.16. The molecule has 3 heteroatoms. The molecule has 2 nitrogen and oxygen atoms in total. The van der Waals surface area contributed by atoms with Gasteiger partial charge < -0.3 is 5.32 Å². The molecule has 0 spiro atoms. The molecule has 0 unspecified atom stereocenters. The molecule has 1 aliphatic carbocycles. The molecule has 0 amide bonds. The maximum absolute atomic E-state index is 4.41. The van der Waals surface area contributed by atoms with Gasteiger partial charge in [0.1, 0.15) is 0 Å². The Hall–Kier alpha value is -0.410. The first-order valence-corrected chi connectivity index (χ1v) is 8.06. The largest absolute Gasteiger partial charge is 0.314 e. The van der Waals surface area contributed by atoms with Gasteiger partial charge in [0.15, 0.2) is 0 Å². The van der Waals surface area contributed by atoms with Crippen LogP contribution in [0.25, 0.3) is 0 Å². The van der Waals surface area contributed by atoms with Gasteiger partial charge in [0.05, 0.1) is 5.01 Å². The highest BCUT2D eigenvalue weighted by molar-refractivity contribution is 7.11. The summed E-state index contributed by atoms with van der Waals surface area (Å²) in [7, 11) is 0. The van der Waals surface area contributed by atoms with Gasteiger partial charge in [0.2, 0.25) is 0 Å². The Morgan fingerprint density at radius 3 is 2.61 bits per heavy atom. The van der Waals surface area contributed by atoms with E-state index in [4.69, 9.17) is 0 Å². The summed E-state index contributed by atoms with van der Waals surface area (Å²) in [5, 5.41) is 4.87. The third-order valence-electron chi connectivity index (χ3n) is 4.02. The number of rotatable bonds is 5. The SMILES string of the molecule is Cc1ncc(CC2(CNC(C)C)CCCCC2)s1. The van der Waals surface area contributed by atoms with Gasteiger partial charge in [0.25, 0.3) is 0 Å². The summed E-state index contributed by atoms with van der Waals surface area (Å²) in [4.78, 5) is 5.88. The van der Waals surface area contributed by atoms with Crippen molar-refractivity contribution in [3.8, 4) is 0 Å². The van der Waals surface area contributed by atoms with Crippen LogP contribution >= 0.6 is 11.3 Å². The fraction of sp³-hybridized carbons (Fsp3) is 0.800. The molecule has 0 atom stereocenters. The standard InChI is InChI=1S/C15H26N2S/c1-12(2)17-11-15(7-5-4-6-8-15)9-14-10-16-13(3)18-14/h10,12,17H,4-9,11H2,1-3H3. The molecule has 0 bridgehead atoms. The topological polar surface area (TPSA) is 24.9 Å². The molecular weight excluding hydrogens is 240 g/mol. The van der Waals surface area contributed by atoms with Gasteiger partial charge in [-0.25, -0.2) is 4.98 Å². The van der Waals surface area contributed by atoms with E-state index in [-0.39, 0.29) is 0 Å². The van der Waals surface area contributed by atoms with E-state index >= 15 is 0 Å². The minimum absolute atomic E-state index is 0.488. The van der Waals surface area contributed by atoms with Crippen molar-refractivity contribution in [3.63, 3.8) is 0 Å². The Kier molecular flexibility index (Phi) is 4.79. The highest BCUT2D eigenvalue weighted by Crippen LogP contribution is 2.39. The van der Waals surface area contributed by atoms with Gasteiger partial charge in [-0.3, -0.25) is 0 Å². The van der Waals surface area contributed by atoms with E-state index in [2.05, 4.69) is 37.3 Å². The number of nitrogens with one attached hydrogen (secondary N) is 1. The fourth-order valence-corrected chi connectivity index (χ4v) is 3.96. The van der Waals surface area contributed by atoms with E-state index < -0.39 is 0 Å². The molecule has 0 radical (unpaired) electrons. The smallest absolute Gasteiger partial charge is 0.0896 e. The second-order valence-corrected chi connectivity index (χ2v) is 7.44. The summed E-state index contributed by atoms with van der Waals surface area (Å²) in [5.74, 6) is 0. The van der Waals surface area contributed by atoms with E-state index in [1.165, 1.54) is 55.0 Å². The summed E-state index contributed by atoms with van der Waals surface area (Å²) in [5.41, 5.74) is 0.488. The van der Waals surface area contributed by atoms with Gasteiger partial charge in [-0.2, -0.15) is 0 Å². The molecule has 0 aromatic carbocycles. The predicted molar refractivity (Wildman–Crippen MR) is 79.2 cm³/mol. The van der Waals surface area contributed by atoms with E-state index in [1.54, 1.807) is 0 Å². The molecule has 0 aliphatic heterocycles. The molecule has 0 saturated heterocycles. The minimum Gasteiger partial charge on any atom is -0.314 e. The highest BCUT2D eigenvalue weighted by atomic mass is 32.1. The number of aryl methyl sites for hydroxylation is 1. The van der Waals surface area contributed by atoms with E-state index in [9.17, 15) is 0 Å². The third-order valence-corrected chi connectivity index (χ3v) is 4.93. The molecule has 2 rings (SSSR count). The van der Waals surface area contributed by atoms with Crippen molar-refractivity contribution in [3.05, 3.63) is 16.1 Å². The van der Waals surface area contributed by atoms with Gasteiger partial charge in [-0.05, 0) is 31.6 Å². The maximum atomic E-state index is 4.41. The fourth-order valence-electron chi connectivity index (χ4n) is 3.00. The Bertz CT molecular complexity index is 364. The van der Waals surface area contributed by atoms with Crippen LogP contribution in [0.4, 0.5) is 0 Å². The number of nitrogens with zero attached hydrogens (tertiary/aromatic N) is 1. The molecule has 1 heterocycles. The zero-order valence-corrected chi connectivity index (χ0v) is 12.8. The number of hydrogen-bond acceptors (Lipinski definition) is 3. The van der Waals surface area contributed by atoms with Crippen LogP contribution in [0.3, 0.4) is 0 Å². The van der Waals surface area contributed by atoms with Crippen LogP contribution in [0.1, 0.15) is 55.8 Å². The summed E-state index contributed by atoms with van der Waals surface area (Å²) in [6.45, 7) is 7.76. The molecule has 18 heavy (non-hydrogen) atoms. The molecule has 102 valence electrons. The number of hydrogen-bond donors (Lipinski definition) is 1. The van der Waals surface area contributed by atoms with E-state index in [0.717, 1.165) is 0 Å². The van der Waals surface area contributed by atoms with Gasteiger partial charge in [0, 0.05) is 23.7 Å². The lowest BCUT2D eigenvalue weighted by atomic mass is 9.71. The molecule has 1 saturated carbocycles. The molecular formula is C15H26N2S. The Morgan fingerprint density at radius 1 is 1.33 bits per heavy atom. The monoisotopic (exact) mass is 266 g/mol. The number of aromatic nitrogens is 1. The normalized spacial score (nSPS) is 19.3. The minimum atomic E-state index is 0.488. The quantitative estimate of drug-likeness (QED) is 0.873. The zero-order valence-electron chi connectivity index (χ0n) is 12.0. The van der Waals surface area contributed by atoms with Gasteiger partial charge in [-0.15, -0.1) is 11.3 Å². The van der Waals surface area contributed by atoms with Crippen LogP contribution in [-0.4, -0.2) is 17.6 Å². The molecule has 1 aliphatic rings. The molecule has 1 aromatic heterocycles. The molecule has 1 aromatic rings. The average molecular weight is 266 g/mol. The van der Waals surface area contributed by atoms with Crippen molar-refractivity contribution in [1.29, 1.82) is 0 Å². The third kappa shape index (κ3) is 3.79. The molecule has 1 fully saturated rings. The van der Waals surface area contributed by atoms with Crippen LogP contribution in [0.2, 0.25) is 0 Å². The lowest BCUT2D eigenvalue weighted by Gasteiger charge is -2.38. The van der Waals surface area contributed by atoms with E-state index in [1.807, 2.05) is 11.3 Å². The van der Waals surface area contributed by atoms with Crippen molar-refractivity contribution in [2.75, 3.05) is 6.54 Å². The zero-order chi connectivity index (χ0) is 13.0. The maximum Gasteiger partial charge on any atom is 0.0896 e. The van der Waals surface area contributed by atoms with Crippen molar-refractivity contribution in [2.45, 2.75) is 65.3 Å². The molecule has 1 N–H and O–H groups in total. The van der Waals surface area contributed by atoms with Crippen molar-refractivity contribution in [1.82, 2.24) is 10.3 Å². The summed E-state index contributed by atoms with van der Waals surface area (Å²) in [6, 6.07) is 0.590. The van der Waals surface area contributed by atoms with Gasteiger partial charge >= 0.3 is 0 Å². The summed E-state index contributed by atoms with van der Waals surface area (Å²) < 4.78 is 0. The van der Waals surface area contributed by atoms with Crippen LogP contribution in [-0.2, 0) is 6.42 Å². The van der Waals surface area contributed by atoms with Crippen molar-refractivity contribution >= 4 is 11.3 Å². The predicted octanol–water partition coefficient (Wildman–Crippen LogP) is 3.94. The lowest BCUT2D eigenvalue weighted by Crippen LogP contribution is -2.40. The summed E-state index contributed by atoms with van der Waals surface area (Å²) in [6.07, 6.45) is 10.3. The lowest BCUT2D eigenvalue weighted by molar-refractivity contribution is 0.177. The van der Waals surface area contributed by atoms with Crippen LogP contribution in [0.5, 0.6) is 0 Å². The Balaban J connectivity index is 2.03. The first-order chi connectivity index (χ1) is 8.60. The van der Waals surface area contributed by atoms with Crippen molar-refractivity contribution in [2.24, 2.45) is 5.41 Å². The highest BCUT2D eigenvalue weighted by Gasteiger charge is 2.32. The Labute approximate surface area is 115 Å². The van der Waals surface area contributed by atoms with Crippen LogP contribution < -0.4 is 5.32 Å². The van der Waals surface area contributed by atoms with Crippen molar-refractivity contribution < 1.29 is 0 Å². The first-order valence-electron chi connectivity index (χ1n) is 7.24. The first kappa shape index (κ1) is 14.0. The average Bonchev–Trinajstić information content (AvgIpc) is 2.73. The Morgan fingerprint density at radius 2 is 2.06 bits per heavy atom. The van der Waals surface area contributed by atoms with Gasteiger partial charge in [-0.1, -0.05) is 33.1 Å². The second-order valence-electron chi connectivity index (χ2n) is 6.12. The summed E-state index contributed by atoms with van der Waals surface area (Å²) >= 11 is 1.88. The number of thiazole rings is 1. The van der Waals surface area contributed by atoms with Crippen LogP contribution in [0.15, 0.2) is 6.20 Å². The van der Waals surface area contributed by atoms with E-state index in [0.29, 0.717) is 11.5 Å².